The summed E-state index contributed by atoms with van der Waals surface area (Å²) in [5.74, 6) is 6.77. The fourth-order valence-electron chi connectivity index (χ4n) is 3.52. The second kappa shape index (κ2) is 5.99. The number of likely N-dealkylation sites (tertiary alicyclic amines) is 1. The molecule has 106 valence electrons. The number of hydrogen-bond donors (Lipinski definition) is 1. The first-order chi connectivity index (χ1) is 9.79. The van der Waals surface area contributed by atoms with Crippen LogP contribution in [0.15, 0.2) is 11.4 Å². The van der Waals surface area contributed by atoms with Crippen molar-refractivity contribution in [3.63, 3.8) is 0 Å². The third-order valence-electron chi connectivity index (χ3n) is 4.41. The molecule has 0 aromatic carbocycles. The Kier molecular flexibility index (Phi) is 4.09. The van der Waals surface area contributed by atoms with Crippen molar-refractivity contribution in [2.24, 2.45) is 11.7 Å². The number of fused-ring (bicyclic) bond motifs is 1. The summed E-state index contributed by atoms with van der Waals surface area (Å²) in [5, 5.41) is 1.93. The van der Waals surface area contributed by atoms with Crippen molar-refractivity contribution in [1.29, 1.82) is 0 Å². The number of amides is 1. The molecule has 2 unspecified atom stereocenters. The third kappa shape index (κ3) is 2.61. The largest absolute Gasteiger partial charge is 0.335 e. The van der Waals surface area contributed by atoms with Crippen molar-refractivity contribution in [3.8, 4) is 11.8 Å². The number of thiophene rings is 1. The van der Waals surface area contributed by atoms with E-state index in [1.807, 2.05) is 11.4 Å². The van der Waals surface area contributed by atoms with Crippen LogP contribution in [-0.4, -0.2) is 29.9 Å². The highest BCUT2D eigenvalue weighted by Crippen LogP contribution is 2.37. The van der Waals surface area contributed by atoms with E-state index in [9.17, 15) is 4.79 Å². The maximum absolute atomic E-state index is 12.7. The Bertz CT molecular complexity index is 554. The second-order valence-corrected chi connectivity index (χ2v) is 6.52. The molecule has 2 heterocycles. The van der Waals surface area contributed by atoms with Crippen molar-refractivity contribution in [2.45, 2.75) is 38.1 Å². The number of carbonyl (C=O) groups is 1. The molecule has 1 aliphatic heterocycles. The summed E-state index contributed by atoms with van der Waals surface area (Å²) in [6, 6.07) is 2.39. The van der Waals surface area contributed by atoms with E-state index in [2.05, 4.69) is 16.7 Å². The number of nitrogens with two attached hydrogens (primary N) is 1. The first-order valence-corrected chi connectivity index (χ1v) is 8.26. The molecule has 2 aliphatic rings. The van der Waals surface area contributed by atoms with E-state index in [4.69, 9.17) is 5.73 Å². The highest BCUT2D eigenvalue weighted by Gasteiger charge is 2.37. The van der Waals surface area contributed by atoms with Gasteiger partial charge in [0.05, 0.1) is 17.0 Å². The van der Waals surface area contributed by atoms with Gasteiger partial charge >= 0.3 is 0 Å². The minimum Gasteiger partial charge on any atom is -0.335 e. The summed E-state index contributed by atoms with van der Waals surface area (Å²) >= 11 is 1.53. The summed E-state index contributed by atoms with van der Waals surface area (Å²) in [4.78, 5) is 15.7. The van der Waals surface area contributed by atoms with Gasteiger partial charge in [0, 0.05) is 18.0 Å². The predicted molar refractivity (Wildman–Crippen MR) is 81.7 cm³/mol. The number of nitrogens with zero attached hydrogens (tertiary/aromatic N) is 1. The van der Waals surface area contributed by atoms with E-state index < -0.39 is 0 Å². The lowest BCUT2D eigenvalue weighted by Crippen LogP contribution is -2.46. The molecule has 0 spiro atoms. The van der Waals surface area contributed by atoms with Crippen molar-refractivity contribution < 1.29 is 4.79 Å². The Morgan fingerprint density at radius 1 is 1.40 bits per heavy atom. The number of carbonyl (C=O) groups excluding carboxylic acids is 1. The van der Waals surface area contributed by atoms with E-state index in [1.165, 1.54) is 37.0 Å². The SMILES string of the molecule is NCC#Cc1cc(C(=O)N2CCCC3CCCC32)cs1. The van der Waals surface area contributed by atoms with Crippen LogP contribution in [0.4, 0.5) is 0 Å². The molecular formula is C16H20N2OS. The Labute approximate surface area is 124 Å². The lowest BCUT2D eigenvalue weighted by atomic mass is 9.91. The topological polar surface area (TPSA) is 46.3 Å². The quantitative estimate of drug-likeness (QED) is 0.807. The van der Waals surface area contributed by atoms with Crippen LogP contribution in [0.25, 0.3) is 0 Å². The van der Waals surface area contributed by atoms with Gasteiger partial charge in [-0.15, -0.1) is 11.3 Å². The fraction of sp³-hybridized carbons (Fsp3) is 0.562. The minimum atomic E-state index is 0.193. The summed E-state index contributed by atoms with van der Waals surface area (Å²) in [6.07, 6.45) is 6.20. The molecule has 20 heavy (non-hydrogen) atoms. The van der Waals surface area contributed by atoms with E-state index >= 15 is 0 Å². The number of piperidine rings is 1. The van der Waals surface area contributed by atoms with E-state index in [1.54, 1.807) is 0 Å². The number of hydrogen-bond acceptors (Lipinski definition) is 3. The molecule has 2 fully saturated rings. The van der Waals surface area contributed by atoms with Crippen LogP contribution < -0.4 is 5.73 Å². The molecule has 0 radical (unpaired) electrons. The molecular weight excluding hydrogens is 268 g/mol. The lowest BCUT2D eigenvalue weighted by molar-refractivity contribution is 0.0549. The standard InChI is InChI=1S/C16H20N2OS/c17-8-2-6-14-10-13(11-20-14)16(19)18-9-3-5-12-4-1-7-15(12)18/h10-12,15H,1,3-5,7-9,17H2. The van der Waals surface area contributed by atoms with Gasteiger partial charge in [-0.05, 0) is 37.7 Å². The Morgan fingerprint density at radius 3 is 3.10 bits per heavy atom. The van der Waals surface area contributed by atoms with Gasteiger partial charge in [0.25, 0.3) is 5.91 Å². The zero-order valence-electron chi connectivity index (χ0n) is 11.6. The summed E-state index contributed by atoms with van der Waals surface area (Å²) in [6.45, 7) is 1.27. The highest BCUT2D eigenvalue weighted by atomic mass is 32.1. The molecule has 1 aromatic rings. The van der Waals surface area contributed by atoms with Crippen LogP contribution in [0, 0.1) is 17.8 Å². The van der Waals surface area contributed by atoms with E-state index in [0.29, 0.717) is 12.6 Å². The monoisotopic (exact) mass is 288 g/mol. The first kappa shape index (κ1) is 13.7. The van der Waals surface area contributed by atoms with Gasteiger partial charge in [-0.1, -0.05) is 18.3 Å². The molecule has 3 rings (SSSR count). The molecule has 2 N–H and O–H groups in total. The van der Waals surface area contributed by atoms with Gasteiger partial charge < -0.3 is 10.6 Å². The van der Waals surface area contributed by atoms with E-state index in [0.717, 1.165) is 29.3 Å². The molecule has 2 atom stereocenters. The van der Waals surface area contributed by atoms with Crippen LogP contribution in [0.5, 0.6) is 0 Å². The Morgan fingerprint density at radius 2 is 2.25 bits per heavy atom. The van der Waals surface area contributed by atoms with Gasteiger partial charge in [0.1, 0.15) is 0 Å². The van der Waals surface area contributed by atoms with Crippen molar-refractivity contribution >= 4 is 17.2 Å². The van der Waals surface area contributed by atoms with Crippen LogP contribution in [0.2, 0.25) is 0 Å². The molecule has 1 aliphatic carbocycles. The second-order valence-electron chi connectivity index (χ2n) is 5.60. The summed E-state index contributed by atoms with van der Waals surface area (Å²) in [7, 11) is 0. The average Bonchev–Trinajstić information content (AvgIpc) is 3.12. The molecule has 4 heteroatoms. The van der Waals surface area contributed by atoms with Gasteiger partial charge in [0.2, 0.25) is 0 Å². The molecule has 0 bridgehead atoms. The zero-order chi connectivity index (χ0) is 13.9. The smallest absolute Gasteiger partial charge is 0.255 e. The third-order valence-corrected chi connectivity index (χ3v) is 5.26. The fourth-order valence-corrected chi connectivity index (χ4v) is 4.27. The lowest BCUT2D eigenvalue weighted by Gasteiger charge is -2.37. The summed E-state index contributed by atoms with van der Waals surface area (Å²) in [5.41, 5.74) is 6.17. The van der Waals surface area contributed by atoms with Crippen LogP contribution in [0.3, 0.4) is 0 Å². The molecule has 3 nitrogen and oxygen atoms in total. The average molecular weight is 288 g/mol. The van der Waals surface area contributed by atoms with Crippen LogP contribution >= 0.6 is 11.3 Å². The molecule has 1 saturated heterocycles. The Hall–Kier alpha value is -1.31. The van der Waals surface area contributed by atoms with Gasteiger partial charge in [-0.2, -0.15) is 0 Å². The van der Waals surface area contributed by atoms with E-state index in [-0.39, 0.29) is 5.91 Å². The normalized spacial score (nSPS) is 24.9. The zero-order valence-corrected chi connectivity index (χ0v) is 12.4. The predicted octanol–water partition coefficient (Wildman–Crippen LogP) is 2.46. The maximum atomic E-state index is 12.7. The van der Waals surface area contributed by atoms with Crippen molar-refractivity contribution in [2.75, 3.05) is 13.1 Å². The first-order valence-electron chi connectivity index (χ1n) is 7.38. The van der Waals surface area contributed by atoms with Crippen molar-refractivity contribution in [1.82, 2.24) is 4.90 Å². The highest BCUT2D eigenvalue weighted by molar-refractivity contribution is 7.10. The molecule has 1 amide bonds. The molecule has 1 aromatic heterocycles. The maximum Gasteiger partial charge on any atom is 0.255 e. The minimum absolute atomic E-state index is 0.193. The van der Waals surface area contributed by atoms with Crippen LogP contribution in [0.1, 0.15) is 47.3 Å². The molecule has 1 saturated carbocycles. The number of rotatable bonds is 1. The summed E-state index contributed by atoms with van der Waals surface area (Å²) < 4.78 is 0. The Balaban J connectivity index is 1.76. The van der Waals surface area contributed by atoms with Crippen molar-refractivity contribution in [3.05, 3.63) is 21.9 Å². The van der Waals surface area contributed by atoms with Gasteiger partial charge in [0.15, 0.2) is 0 Å². The van der Waals surface area contributed by atoms with Gasteiger partial charge in [-0.3, -0.25) is 4.79 Å². The van der Waals surface area contributed by atoms with Gasteiger partial charge in [-0.25, -0.2) is 0 Å². The van der Waals surface area contributed by atoms with Crippen LogP contribution in [-0.2, 0) is 0 Å².